The zero-order chi connectivity index (χ0) is 12.1. The van der Waals surface area contributed by atoms with Crippen molar-refractivity contribution in [1.82, 2.24) is 15.1 Å². The number of carbonyl (C=O) groups is 1. The Bertz CT molecular complexity index is 349. The second-order valence-electron chi connectivity index (χ2n) is 4.29. The van der Waals surface area contributed by atoms with Crippen molar-refractivity contribution in [2.24, 2.45) is 5.92 Å². The molecule has 1 N–H and O–H groups in total. The van der Waals surface area contributed by atoms with Crippen LogP contribution >= 0.6 is 22.6 Å². The van der Waals surface area contributed by atoms with Gasteiger partial charge in [-0.15, -0.1) is 0 Å². The predicted octanol–water partition coefficient (Wildman–Crippen LogP) is 2.21. The third kappa shape index (κ3) is 4.11. The summed E-state index contributed by atoms with van der Waals surface area (Å²) in [6.45, 7) is 6.88. The first-order valence-corrected chi connectivity index (χ1v) is 6.56. The molecule has 16 heavy (non-hydrogen) atoms. The fourth-order valence-corrected chi connectivity index (χ4v) is 1.69. The molecule has 1 atom stereocenters. The lowest BCUT2D eigenvalue weighted by atomic mass is 10.1. The molecule has 5 heteroatoms. The molecule has 1 unspecified atom stereocenters. The normalized spacial score (nSPS) is 12.8. The van der Waals surface area contributed by atoms with Gasteiger partial charge in [0.25, 0.3) is 0 Å². The third-order valence-corrected chi connectivity index (χ3v) is 2.92. The van der Waals surface area contributed by atoms with E-state index in [4.69, 9.17) is 0 Å². The number of nitrogens with zero attached hydrogens (tertiary/aromatic N) is 2. The molecule has 0 aliphatic rings. The summed E-state index contributed by atoms with van der Waals surface area (Å²) in [5, 5.41) is 7.05. The molecule has 1 rings (SSSR count). The van der Waals surface area contributed by atoms with Crippen LogP contribution in [0, 0.1) is 9.49 Å². The molecule has 0 aliphatic heterocycles. The van der Waals surface area contributed by atoms with Crippen molar-refractivity contribution in [3.63, 3.8) is 0 Å². The summed E-state index contributed by atoms with van der Waals surface area (Å²) in [4.78, 5) is 11.8. The van der Waals surface area contributed by atoms with Crippen LogP contribution < -0.4 is 5.32 Å². The summed E-state index contributed by atoms with van der Waals surface area (Å²) in [6.07, 6.45) is 4.63. The Morgan fingerprint density at radius 3 is 2.75 bits per heavy atom. The number of carbonyl (C=O) groups excluding carboxylic acids is 1. The molecule has 1 heterocycles. The van der Waals surface area contributed by atoms with Crippen LogP contribution in [0.5, 0.6) is 0 Å². The highest BCUT2D eigenvalue weighted by Gasteiger charge is 2.14. The zero-order valence-electron chi connectivity index (χ0n) is 9.90. The van der Waals surface area contributed by atoms with E-state index in [9.17, 15) is 4.79 Å². The molecule has 0 fully saturated rings. The van der Waals surface area contributed by atoms with Crippen molar-refractivity contribution >= 4 is 28.5 Å². The molecule has 0 spiro atoms. The van der Waals surface area contributed by atoms with Gasteiger partial charge in [-0.05, 0) is 41.9 Å². The Morgan fingerprint density at radius 2 is 2.25 bits per heavy atom. The topological polar surface area (TPSA) is 46.9 Å². The lowest BCUT2D eigenvalue weighted by molar-refractivity contribution is -0.124. The van der Waals surface area contributed by atoms with E-state index >= 15 is 0 Å². The van der Waals surface area contributed by atoms with E-state index in [1.165, 1.54) is 0 Å². The molecular weight excluding hydrogens is 317 g/mol. The van der Waals surface area contributed by atoms with Crippen molar-refractivity contribution < 1.29 is 4.79 Å². The SMILES string of the molecule is CC(C)CCNC(=O)C(C)n1cc(I)cn1. The molecule has 90 valence electrons. The number of hydrogen-bond donors (Lipinski definition) is 1. The van der Waals surface area contributed by atoms with Gasteiger partial charge >= 0.3 is 0 Å². The largest absolute Gasteiger partial charge is 0.354 e. The minimum Gasteiger partial charge on any atom is -0.354 e. The second-order valence-corrected chi connectivity index (χ2v) is 5.53. The Morgan fingerprint density at radius 1 is 1.56 bits per heavy atom. The Balaban J connectivity index is 2.42. The standard InChI is InChI=1S/C11H18IN3O/c1-8(2)4-5-13-11(16)9(3)15-7-10(12)6-14-15/h6-9H,4-5H2,1-3H3,(H,13,16). The second kappa shape index (κ2) is 6.22. The van der Waals surface area contributed by atoms with E-state index in [1.807, 2.05) is 13.1 Å². The molecule has 0 saturated carbocycles. The van der Waals surface area contributed by atoms with E-state index in [0.717, 1.165) is 16.5 Å². The maximum Gasteiger partial charge on any atom is 0.244 e. The van der Waals surface area contributed by atoms with Gasteiger partial charge in [-0.25, -0.2) is 0 Å². The molecule has 1 aromatic heterocycles. The fraction of sp³-hybridized carbons (Fsp3) is 0.636. The van der Waals surface area contributed by atoms with Crippen molar-refractivity contribution in [2.75, 3.05) is 6.54 Å². The lowest BCUT2D eigenvalue weighted by Gasteiger charge is -2.13. The van der Waals surface area contributed by atoms with Crippen molar-refractivity contribution in [1.29, 1.82) is 0 Å². The smallest absolute Gasteiger partial charge is 0.244 e. The van der Waals surface area contributed by atoms with E-state index < -0.39 is 0 Å². The van der Waals surface area contributed by atoms with E-state index in [2.05, 4.69) is 46.9 Å². The number of nitrogens with one attached hydrogen (secondary N) is 1. The number of amides is 1. The average molecular weight is 335 g/mol. The summed E-state index contributed by atoms with van der Waals surface area (Å²) in [5.74, 6) is 0.640. The molecule has 1 aromatic rings. The van der Waals surface area contributed by atoms with Gasteiger partial charge in [-0.2, -0.15) is 5.10 Å². The molecule has 1 amide bonds. The number of halogens is 1. The lowest BCUT2D eigenvalue weighted by Crippen LogP contribution is -2.32. The van der Waals surface area contributed by atoms with Crippen LogP contribution in [0.25, 0.3) is 0 Å². The van der Waals surface area contributed by atoms with Crippen molar-refractivity contribution in [3.8, 4) is 0 Å². The Labute approximate surface area is 110 Å². The van der Waals surface area contributed by atoms with Crippen LogP contribution in [-0.2, 0) is 4.79 Å². The molecule has 0 aromatic carbocycles. The first-order chi connectivity index (χ1) is 7.50. The minimum atomic E-state index is -0.240. The van der Waals surface area contributed by atoms with Gasteiger partial charge in [0.15, 0.2) is 0 Å². The molecule has 4 nitrogen and oxygen atoms in total. The summed E-state index contributed by atoms with van der Waals surface area (Å²) in [5.41, 5.74) is 0. The molecule has 0 radical (unpaired) electrons. The van der Waals surface area contributed by atoms with Crippen molar-refractivity contribution in [3.05, 3.63) is 16.0 Å². The minimum absolute atomic E-state index is 0.0279. The van der Waals surface area contributed by atoms with Crippen molar-refractivity contribution in [2.45, 2.75) is 33.2 Å². The highest BCUT2D eigenvalue weighted by Crippen LogP contribution is 2.08. The van der Waals surface area contributed by atoms with Crippen LogP contribution in [-0.4, -0.2) is 22.2 Å². The van der Waals surface area contributed by atoms with Gasteiger partial charge in [0.2, 0.25) is 5.91 Å². The summed E-state index contributed by atoms with van der Waals surface area (Å²) in [6, 6.07) is -0.240. The van der Waals surface area contributed by atoms with Gasteiger partial charge in [-0.3, -0.25) is 9.48 Å². The average Bonchev–Trinajstić information content (AvgIpc) is 2.63. The zero-order valence-corrected chi connectivity index (χ0v) is 12.1. The molecular formula is C11H18IN3O. The van der Waals surface area contributed by atoms with Crippen LogP contribution in [0.4, 0.5) is 0 Å². The summed E-state index contributed by atoms with van der Waals surface area (Å²) < 4.78 is 2.73. The Hall–Kier alpha value is -0.590. The first-order valence-electron chi connectivity index (χ1n) is 5.48. The highest BCUT2D eigenvalue weighted by molar-refractivity contribution is 14.1. The monoisotopic (exact) mass is 335 g/mol. The number of hydrogen-bond acceptors (Lipinski definition) is 2. The van der Waals surface area contributed by atoms with Gasteiger partial charge in [0.1, 0.15) is 6.04 Å². The van der Waals surface area contributed by atoms with Crippen LogP contribution in [0.1, 0.15) is 33.2 Å². The summed E-state index contributed by atoms with van der Waals surface area (Å²) >= 11 is 2.18. The van der Waals surface area contributed by atoms with Gasteiger partial charge in [0.05, 0.1) is 9.77 Å². The van der Waals surface area contributed by atoms with Gasteiger partial charge in [-0.1, -0.05) is 13.8 Å². The van der Waals surface area contributed by atoms with Crippen LogP contribution in [0.3, 0.4) is 0 Å². The Kier molecular flexibility index (Phi) is 5.24. The van der Waals surface area contributed by atoms with Crippen LogP contribution in [0.15, 0.2) is 12.4 Å². The maximum atomic E-state index is 11.8. The quantitative estimate of drug-likeness (QED) is 0.839. The number of aromatic nitrogens is 2. The molecule has 0 saturated heterocycles. The molecule has 0 aliphatic carbocycles. The number of rotatable bonds is 5. The maximum absolute atomic E-state index is 11.8. The highest BCUT2D eigenvalue weighted by atomic mass is 127. The predicted molar refractivity (Wildman–Crippen MR) is 72.1 cm³/mol. The van der Waals surface area contributed by atoms with E-state index in [1.54, 1.807) is 10.9 Å². The van der Waals surface area contributed by atoms with Gasteiger partial charge < -0.3 is 5.32 Å². The summed E-state index contributed by atoms with van der Waals surface area (Å²) in [7, 11) is 0. The van der Waals surface area contributed by atoms with Gasteiger partial charge in [0, 0.05) is 12.7 Å². The fourth-order valence-electron chi connectivity index (χ4n) is 1.28. The first kappa shape index (κ1) is 13.5. The van der Waals surface area contributed by atoms with Crippen LogP contribution in [0.2, 0.25) is 0 Å². The third-order valence-electron chi connectivity index (χ3n) is 2.37. The van der Waals surface area contributed by atoms with E-state index in [-0.39, 0.29) is 11.9 Å². The van der Waals surface area contributed by atoms with E-state index in [0.29, 0.717) is 5.92 Å². The molecule has 0 bridgehead atoms.